The molecule has 0 saturated carbocycles. The van der Waals surface area contributed by atoms with Crippen LogP contribution in [0.5, 0.6) is 0 Å². The van der Waals surface area contributed by atoms with Crippen molar-refractivity contribution in [1.29, 1.82) is 0 Å². The molecule has 1 saturated heterocycles. The molecule has 0 unspecified atom stereocenters. The van der Waals surface area contributed by atoms with Crippen LogP contribution in [-0.4, -0.2) is 82.3 Å². The van der Waals surface area contributed by atoms with Crippen LogP contribution in [0.15, 0.2) is 29.2 Å². The molecule has 1 N–H and O–H groups in total. The topological polar surface area (TPSA) is 105 Å². The number of methoxy groups -OCH3 is 1. The van der Waals surface area contributed by atoms with E-state index < -0.39 is 21.6 Å². The number of esters is 1. The Balaban J connectivity index is 1.78. The third-order valence-corrected chi connectivity index (χ3v) is 5.81. The van der Waals surface area contributed by atoms with Crippen molar-refractivity contribution in [2.75, 3.05) is 46.4 Å². The fourth-order valence-corrected chi connectivity index (χ4v) is 3.81. The molecular formula is C19H29N3O6S. The lowest BCUT2D eigenvalue weighted by molar-refractivity contribution is 0.0147. The molecule has 29 heavy (non-hydrogen) atoms. The average molecular weight is 428 g/mol. The highest BCUT2D eigenvalue weighted by atomic mass is 32.2. The lowest BCUT2D eigenvalue weighted by Gasteiger charge is -2.35. The summed E-state index contributed by atoms with van der Waals surface area (Å²) in [6, 6.07) is 5.56. The Bertz CT molecular complexity index is 809. The summed E-state index contributed by atoms with van der Waals surface area (Å²) in [5, 5.41) is 0. The number of rotatable bonds is 6. The molecule has 0 aromatic heterocycles. The van der Waals surface area contributed by atoms with Crippen molar-refractivity contribution in [1.82, 2.24) is 14.5 Å². The molecule has 1 heterocycles. The second-order valence-corrected chi connectivity index (χ2v) is 9.49. The Hall–Kier alpha value is -2.17. The minimum atomic E-state index is -3.67. The van der Waals surface area contributed by atoms with E-state index in [4.69, 9.17) is 4.74 Å². The van der Waals surface area contributed by atoms with Gasteiger partial charge < -0.3 is 14.4 Å². The highest BCUT2D eigenvalue weighted by molar-refractivity contribution is 7.89. The maximum atomic E-state index is 12.4. The molecule has 1 aromatic carbocycles. The lowest BCUT2D eigenvalue weighted by atomic mass is 10.2. The molecule has 1 fully saturated rings. The van der Waals surface area contributed by atoms with E-state index in [0.29, 0.717) is 32.7 Å². The first-order chi connectivity index (χ1) is 13.5. The molecule has 0 bridgehead atoms. The second kappa shape index (κ2) is 9.55. The van der Waals surface area contributed by atoms with E-state index >= 15 is 0 Å². The standard InChI is InChI=1S/C19H29N3O6S/c1-19(2,3)28-18(24)22-13-11-21(12-14-22)10-9-20-29(25,26)16-7-5-15(6-8-16)17(23)27-4/h5-8,20H,9-14H2,1-4H3. The predicted molar refractivity (Wildman–Crippen MR) is 107 cm³/mol. The van der Waals surface area contributed by atoms with Gasteiger partial charge in [0, 0.05) is 39.3 Å². The summed E-state index contributed by atoms with van der Waals surface area (Å²) in [5.74, 6) is -0.521. The molecular weight excluding hydrogens is 398 g/mol. The number of hydrogen-bond acceptors (Lipinski definition) is 7. The van der Waals surface area contributed by atoms with Crippen molar-refractivity contribution in [2.45, 2.75) is 31.3 Å². The number of sulfonamides is 1. The van der Waals surface area contributed by atoms with Crippen LogP contribution in [0.1, 0.15) is 31.1 Å². The Kier molecular flexibility index (Phi) is 7.61. The summed E-state index contributed by atoms with van der Waals surface area (Å²) in [5.41, 5.74) is -0.240. The fourth-order valence-electron chi connectivity index (χ4n) is 2.79. The van der Waals surface area contributed by atoms with Gasteiger partial charge in [-0.25, -0.2) is 22.7 Å². The molecule has 0 atom stereocenters. The highest BCUT2D eigenvalue weighted by Gasteiger charge is 2.26. The van der Waals surface area contributed by atoms with Gasteiger partial charge in [-0.05, 0) is 45.0 Å². The molecule has 10 heteroatoms. The summed E-state index contributed by atoms with van der Waals surface area (Å²) >= 11 is 0. The van der Waals surface area contributed by atoms with Crippen LogP contribution in [0.2, 0.25) is 0 Å². The SMILES string of the molecule is COC(=O)c1ccc(S(=O)(=O)NCCN2CCN(C(=O)OC(C)(C)C)CC2)cc1. The zero-order valence-electron chi connectivity index (χ0n) is 17.3. The Morgan fingerprint density at radius 2 is 1.66 bits per heavy atom. The van der Waals surface area contributed by atoms with E-state index in [-0.39, 0.29) is 23.1 Å². The smallest absolute Gasteiger partial charge is 0.410 e. The van der Waals surface area contributed by atoms with Gasteiger partial charge in [0.1, 0.15) is 5.60 Å². The number of benzene rings is 1. The zero-order valence-corrected chi connectivity index (χ0v) is 18.1. The van der Waals surface area contributed by atoms with E-state index in [2.05, 4.69) is 14.4 Å². The molecule has 162 valence electrons. The normalized spacial score (nSPS) is 15.8. The molecule has 1 aromatic rings. The monoisotopic (exact) mass is 427 g/mol. The third-order valence-electron chi connectivity index (χ3n) is 4.33. The molecule has 1 aliphatic heterocycles. The fraction of sp³-hybridized carbons (Fsp3) is 0.579. The average Bonchev–Trinajstić information content (AvgIpc) is 2.66. The van der Waals surface area contributed by atoms with Gasteiger partial charge in [-0.2, -0.15) is 0 Å². The second-order valence-electron chi connectivity index (χ2n) is 7.72. The van der Waals surface area contributed by atoms with Crippen LogP contribution >= 0.6 is 0 Å². The van der Waals surface area contributed by atoms with E-state index in [1.54, 1.807) is 4.90 Å². The number of hydrogen-bond donors (Lipinski definition) is 1. The van der Waals surface area contributed by atoms with Crippen LogP contribution < -0.4 is 4.72 Å². The van der Waals surface area contributed by atoms with Crippen LogP contribution in [-0.2, 0) is 19.5 Å². The number of carbonyl (C=O) groups is 2. The zero-order chi connectivity index (χ0) is 21.7. The van der Waals surface area contributed by atoms with Crippen molar-refractivity contribution in [3.63, 3.8) is 0 Å². The number of nitrogens with zero attached hydrogens (tertiary/aromatic N) is 2. The molecule has 2 rings (SSSR count). The largest absolute Gasteiger partial charge is 0.465 e. The van der Waals surface area contributed by atoms with Gasteiger partial charge in [-0.1, -0.05) is 0 Å². The van der Waals surface area contributed by atoms with Gasteiger partial charge in [0.2, 0.25) is 10.0 Å². The van der Waals surface area contributed by atoms with Gasteiger partial charge in [0.15, 0.2) is 0 Å². The van der Waals surface area contributed by atoms with Crippen LogP contribution in [0.4, 0.5) is 4.79 Å². The first-order valence-corrected chi connectivity index (χ1v) is 10.9. The van der Waals surface area contributed by atoms with E-state index in [1.807, 2.05) is 20.8 Å². The highest BCUT2D eigenvalue weighted by Crippen LogP contribution is 2.13. The predicted octanol–water partition coefficient (Wildman–Crippen LogP) is 1.30. The molecule has 0 spiro atoms. The van der Waals surface area contributed by atoms with Gasteiger partial charge in [-0.15, -0.1) is 0 Å². The summed E-state index contributed by atoms with van der Waals surface area (Å²) in [6.07, 6.45) is -0.326. The Morgan fingerprint density at radius 3 is 2.17 bits per heavy atom. The molecule has 0 aliphatic carbocycles. The summed E-state index contributed by atoms with van der Waals surface area (Å²) in [4.78, 5) is 27.3. The quantitative estimate of drug-likeness (QED) is 0.682. The van der Waals surface area contributed by atoms with Crippen LogP contribution in [0.3, 0.4) is 0 Å². The number of nitrogens with one attached hydrogen (secondary N) is 1. The van der Waals surface area contributed by atoms with Crippen molar-refractivity contribution in [3.05, 3.63) is 29.8 Å². The van der Waals surface area contributed by atoms with Crippen molar-refractivity contribution < 1.29 is 27.5 Å². The number of carbonyl (C=O) groups excluding carboxylic acids is 2. The lowest BCUT2D eigenvalue weighted by Crippen LogP contribution is -2.51. The molecule has 1 aliphatic rings. The van der Waals surface area contributed by atoms with Gasteiger partial charge >= 0.3 is 12.1 Å². The van der Waals surface area contributed by atoms with Crippen LogP contribution in [0, 0.1) is 0 Å². The minimum absolute atomic E-state index is 0.0832. The summed E-state index contributed by atoms with van der Waals surface area (Å²) in [6.45, 7) is 8.63. The molecule has 1 amide bonds. The molecule has 9 nitrogen and oxygen atoms in total. The van der Waals surface area contributed by atoms with Gasteiger partial charge in [0.05, 0.1) is 17.6 Å². The summed E-state index contributed by atoms with van der Waals surface area (Å²) < 4.78 is 37.3. The van der Waals surface area contributed by atoms with Gasteiger partial charge in [0.25, 0.3) is 0 Å². The van der Waals surface area contributed by atoms with E-state index in [0.717, 1.165) is 0 Å². The van der Waals surface area contributed by atoms with Crippen LogP contribution in [0.25, 0.3) is 0 Å². The van der Waals surface area contributed by atoms with Gasteiger partial charge in [-0.3, -0.25) is 4.90 Å². The summed E-state index contributed by atoms with van der Waals surface area (Å²) in [7, 11) is -2.40. The van der Waals surface area contributed by atoms with E-state index in [9.17, 15) is 18.0 Å². The van der Waals surface area contributed by atoms with Crippen molar-refractivity contribution >= 4 is 22.1 Å². The Labute approximate surface area is 172 Å². The Morgan fingerprint density at radius 1 is 1.07 bits per heavy atom. The molecule has 0 radical (unpaired) electrons. The number of ether oxygens (including phenoxy) is 2. The minimum Gasteiger partial charge on any atom is -0.465 e. The van der Waals surface area contributed by atoms with Crippen molar-refractivity contribution in [2.24, 2.45) is 0 Å². The first-order valence-electron chi connectivity index (χ1n) is 9.40. The third kappa shape index (κ3) is 6.98. The maximum Gasteiger partial charge on any atom is 0.410 e. The van der Waals surface area contributed by atoms with E-state index in [1.165, 1.54) is 31.4 Å². The maximum absolute atomic E-state index is 12.4. The number of amides is 1. The first kappa shape index (κ1) is 23.1. The number of piperazine rings is 1. The van der Waals surface area contributed by atoms with Crippen molar-refractivity contribution in [3.8, 4) is 0 Å².